The summed E-state index contributed by atoms with van der Waals surface area (Å²) in [5.74, 6) is -0.325. The van der Waals surface area contributed by atoms with Crippen LogP contribution in [0.15, 0.2) is 48.5 Å². The molecule has 1 aromatic heterocycles. The molecule has 0 unspecified atom stereocenters. The Morgan fingerprint density at radius 2 is 1.81 bits per heavy atom. The zero-order chi connectivity index (χ0) is 19.4. The number of benzene rings is 2. The zero-order valence-corrected chi connectivity index (χ0v) is 16.6. The van der Waals surface area contributed by atoms with Crippen molar-refractivity contribution < 1.29 is 9.53 Å². The van der Waals surface area contributed by atoms with Crippen molar-refractivity contribution >= 4 is 28.5 Å². The van der Waals surface area contributed by atoms with Crippen LogP contribution in [0, 0.1) is 6.92 Å². The van der Waals surface area contributed by atoms with Gasteiger partial charge in [0.05, 0.1) is 23.4 Å². The number of esters is 1. The van der Waals surface area contributed by atoms with E-state index in [1.165, 1.54) is 0 Å². The molecule has 140 valence electrons. The molecule has 0 bridgehead atoms. The Hall–Kier alpha value is -2.43. The van der Waals surface area contributed by atoms with E-state index in [-0.39, 0.29) is 5.97 Å². The SMILES string of the molecule is CCOC(=O)c1c(CN(C)Cc2ccccc2Cl)nc2ccccc2c1C. The second kappa shape index (κ2) is 8.51. The van der Waals surface area contributed by atoms with Gasteiger partial charge in [-0.25, -0.2) is 4.79 Å². The van der Waals surface area contributed by atoms with Crippen molar-refractivity contribution in [2.45, 2.75) is 26.9 Å². The Morgan fingerprint density at radius 1 is 1.11 bits per heavy atom. The molecule has 0 saturated carbocycles. The Labute approximate surface area is 164 Å². The molecule has 4 nitrogen and oxygen atoms in total. The number of aromatic nitrogens is 1. The summed E-state index contributed by atoms with van der Waals surface area (Å²) in [5, 5.41) is 1.70. The number of ether oxygens (including phenoxy) is 1. The molecule has 5 heteroatoms. The average Bonchev–Trinajstić information content (AvgIpc) is 2.64. The molecule has 1 heterocycles. The maximum Gasteiger partial charge on any atom is 0.340 e. The summed E-state index contributed by atoms with van der Waals surface area (Å²) in [7, 11) is 1.99. The van der Waals surface area contributed by atoms with Crippen LogP contribution in [0.4, 0.5) is 0 Å². The summed E-state index contributed by atoms with van der Waals surface area (Å²) in [6, 6.07) is 15.6. The normalized spacial score (nSPS) is 11.1. The highest BCUT2D eigenvalue weighted by Gasteiger charge is 2.21. The van der Waals surface area contributed by atoms with Gasteiger partial charge in [-0.3, -0.25) is 9.88 Å². The van der Waals surface area contributed by atoms with E-state index < -0.39 is 0 Å². The van der Waals surface area contributed by atoms with E-state index in [9.17, 15) is 4.79 Å². The van der Waals surface area contributed by atoms with E-state index in [1.54, 1.807) is 0 Å². The van der Waals surface area contributed by atoms with Crippen molar-refractivity contribution in [1.82, 2.24) is 9.88 Å². The van der Waals surface area contributed by atoms with Crippen LogP contribution in [0.25, 0.3) is 10.9 Å². The van der Waals surface area contributed by atoms with E-state index in [0.29, 0.717) is 25.3 Å². The number of hydrogen-bond donors (Lipinski definition) is 0. The van der Waals surface area contributed by atoms with E-state index >= 15 is 0 Å². The van der Waals surface area contributed by atoms with E-state index in [0.717, 1.165) is 32.7 Å². The topological polar surface area (TPSA) is 42.4 Å². The number of rotatable bonds is 6. The van der Waals surface area contributed by atoms with Gasteiger partial charge in [0.25, 0.3) is 0 Å². The number of pyridine rings is 1. The third-order valence-corrected chi connectivity index (χ3v) is 4.89. The first-order chi connectivity index (χ1) is 13.0. The molecule has 0 amide bonds. The minimum absolute atomic E-state index is 0.325. The lowest BCUT2D eigenvalue weighted by Gasteiger charge is -2.20. The van der Waals surface area contributed by atoms with Crippen molar-refractivity contribution in [3.8, 4) is 0 Å². The molecule has 0 aliphatic rings. The first-order valence-corrected chi connectivity index (χ1v) is 9.36. The van der Waals surface area contributed by atoms with Crippen molar-refractivity contribution in [2.75, 3.05) is 13.7 Å². The summed E-state index contributed by atoms with van der Waals surface area (Å²) in [4.78, 5) is 19.5. The lowest BCUT2D eigenvalue weighted by atomic mass is 10.0. The predicted octanol–water partition coefficient (Wildman–Crippen LogP) is 5.01. The van der Waals surface area contributed by atoms with Gasteiger partial charge >= 0.3 is 5.97 Å². The fraction of sp³-hybridized carbons (Fsp3) is 0.273. The highest BCUT2D eigenvalue weighted by Crippen LogP contribution is 2.25. The van der Waals surface area contributed by atoms with Crippen LogP contribution in [0.2, 0.25) is 5.02 Å². The van der Waals surface area contributed by atoms with Gasteiger partial charge in [0.2, 0.25) is 0 Å². The van der Waals surface area contributed by atoms with Gasteiger partial charge in [-0.05, 0) is 44.2 Å². The number of carbonyl (C=O) groups is 1. The van der Waals surface area contributed by atoms with Crippen LogP contribution in [-0.2, 0) is 17.8 Å². The third-order valence-electron chi connectivity index (χ3n) is 4.52. The van der Waals surface area contributed by atoms with E-state index in [2.05, 4.69) is 4.90 Å². The van der Waals surface area contributed by atoms with Crippen molar-refractivity contribution in [3.63, 3.8) is 0 Å². The van der Waals surface area contributed by atoms with Crippen LogP contribution in [-0.4, -0.2) is 29.5 Å². The van der Waals surface area contributed by atoms with Gasteiger partial charge < -0.3 is 4.74 Å². The fourth-order valence-electron chi connectivity index (χ4n) is 3.26. The molecular weight excluding hydrogens is 360 g/mol. The summed E-state index contributed by atoms with van der Waals surface area (Å²) < 4.78 is 5.30. The standard InChI is InChI=1S/C22H23ClN2O2/c1-4-27-22(26)21-15(2)17-10-6-8-12-19(17)24-20(21)14-25(3)13-16-9-5-7-11-18(16)23/h5-12H,4,13-14H2,1-3H3. The number of halogens is 1. The van der Waals surface area contributed by atoms with Crippen LogP contribution in [0.5, 0.6) is 0 Å². The van der Waals surface area contributed by atoms with Crippen molar-refractivity contribution in [3.05, 3.63) is 75.9 Å². The molecule has 0 aliphatic carbocycles. The van der Waals surface area contributed by atoms with Crippen LogP contribution in [0.3, 0.4) is 0 Å². The average molecular weight is 383 g/mol. The second-order valence-electron chi connectivity index (χ2n) is 6.56. The van der Waals surface area contributed by atoms with Gasteiger partial charge in [0.15, 0.2) is 0 Å². The second-order valence-corrected chi connectivity index (χ2v) is 6.97. The Bertz CT molecular complexity index is 972. The monoisotopic (exact) mass is 382 g/mol. The molecular formula is C22H23ClN2O2. The molecule has 0 fully saturated rings. The maximum atomic E-state index is 12.6. The number of nitrogens with zero attached hydrogens (tertiary/aromatic N) is 2. The quantitative estimate of drug-likeness (QED) is 0.562. The molecule has 3 rings (SSSR count). The lowest BCUT2D eigenvalue weighted by Crippen LogP contribution is -2.22. The van der Waals surface area contributed by atoms with Gasteiger partial charge in [-0.1, -0.05) is 48.0 Å². The zero-order valence-electron chi connectivity index (χ0n) is 15.8. The Kier molecular flexibility index (Phi) is 6.09. The molecule has 0 atom stereocenters. The predicted molar refractivity (Wildman–Crippen MR) is 109 cm³/mol. The molecule has 2 aromatic carbocycles. The molecule has 27 heavy (non-hydrogen) atoms. The first kappa shape index (κ1) is 19.3. The molecule has 3 aromatic rings. The highest BCUT2D eigenvalue weighted by molar-refractivity contribution is 6.31. The molecule has 0 saturated heterocycles. The van der Waals surface area contributed by atoms with Crippen molar-refractivity contribution in [2.24, 2.45) is 0 Å². The first-order valence-electron chi connectivity index (χ1n) is 8.98. The summed E-state index contributed by atoms with van der Waals surface area (Å²) in [6.45, 7) is 5.28. The Balaban J connectivity index is 1.97. The van der Waals surface area contributed by atoms with Crippen LogP contribution >= 0.6 is 11.6 Å². The molecule has 0 spiro atoms. The third kappa shape index (κ3) is 4.29. The minimum atomic E-state index is -0.325. The highest BCUT2D eigenvalue weighted by atomic mass is 35.5. The van der Waals surface area contributed by atoms with Gasteiger partial charge in [0.1, 0.15) is 0 Å². The fourth-order valence-corrected chi connectivity index (χ4v) is 3.45. The van der Waals surface area contributed by atoms with E-state index in [1.807, 2.05) is 69.4 Å². The number of aryl methyl sites for hydroxylation is 1. The smallest absolute Gasteiger partial charge is 0.340 e. The molecule has 0 radical (unpaired) electrons. The molecule has 0 N–H and O–H groups in total. The van der Waals surface area contributed by atoms with E-state index in [4.69, 9.17) is 21.3 Å². The van der Waals surface area contributed by atoms with Crippen molar-refractivity contribution in [1.29, 1.82) is 0 Å². The number of carbonyl (C=O) groups excluding carboxylic acids is 1. The lowest BCUT2D eigenvalue weighted by molar-refractivity contribution is 0.0522. The maximum absolute atomic E-state index is 12.6. The largest absolute Gasteiger partial charge is 0.462 e. The van der Waals surface area contributed by atoms with Gasteiger partial charge in [-0.15, -0.1) is 0 Å². The van der Waals surface area contributed by atoms with Gasteiger partial charge in [0, 0.05) is 23.5 Å². The number of para-hydroxylation sites is 1. The summed E-state index contributed by atoms with van der Waals surface area (Å²) in [5.41, 5.74) is 4.10. The summed E-state index contributed by atoms with van der Waals surface area (Å²) >= 11 is 6.28. The Morgan fingerprint density at radius 3 is 2.56 bits per heavy atom. The number of hydrogen-bond acceptors (Lipinski definition) is 4. The van der Waals surface area contributed by atoms with Crippen LogP contribution in [0.1, 0.15) is 34.1 Å². The van der Waals surface area contributed by atoms with Gasteiger partial charge in [-0.2, -0.15) is 0 Å². The summed E-state index contributed by atoms with van der Waals surface area (Å²) in [6.07, 6.45) is 0. The number of fused-ring (bicyclic) bond motifs is 1. The van der Waals surface area contributed by atoms with Crippen LogP contribution < -0.4 is 0 Å². The minimum Gasteiger partial charge on any atom is -0.462 e. The molecule has 0 aliphatic heterocycles.